The topological polar surface area (TPSA) is 89.4 Å². The minimum atomic E-state index is -0.692. The van der Waals surface area contributed by atoms with Crippen LogP contribution in [-0.2, 0) is 9.53 Å². The molecule has 1 aromatic heterocycles. The number of amides is 3. The minimum Gasteiger partial charge on any atom is -0.452 e. The summed E-state index contributed by atoms with van der Waals surface area (Å²) in [5.41, 5.74) is 1.12. The predicted molar refractivity (Wildman–Crippen MR) is 87.9 cm³/mol. The molecule has 0 unspecified atom stereocenters. The van der Waals surface area contributed by atoms with Gasteiger partial charge in [0.1, 0.15) is 0 Å². The van der Waals surface area contributed by atoms with Crippen LogP contribution in [-0.4, -0.2) is 35.1 Å². The molecule has 0 radical (unpaired) electrons. The van der Waals surface area contributed by atoms with E-state index in [1.165, 1.54) is 0 Å². The van der Waals surface area contributed by atoms with Gasteiger partial charge in [0, 0.05) is 24.1 Å². The van der Waals surface area contributed by atoms with Gasteiger partial charge in [-0.2, -0.15) is 0 Å². The number of nitrogens with zero attached hydrogens (tertiary/aromatic N) is 1. The van der Waals surface area contributed by atoms with Crippen LogP contribution in [0, 0.1) is 0 Å². The average molecular weight is 329 g/mol. The lowest BCUT2D eigenvalue weighted by Crippen LogP contribution is -2.44. The number of rotatable bonds is 5. The normalized spacial score (nSPS) is 10.3. The van der Waals surface area contributed by atoms with Crippen LogP contribution in [0.5, 0.6) is 0 Å². The Kier molecular flexibility index (Phi) is 5.73. The van der Waals surface area contributed by atoms with Crippen LogP contribution in [0.25, 0.3) is 5.69 Å². The van der Waals surface area contributed by atoms with Crippen molar-refractivity contribution in [3.8, 4) is 5.69 Å². The van der Waals surface area contributed by atoms with Gasteiger partial charge in [0.05, 0.1) is 5.56 Å². The van der Waals surface area contributed by atoms with Crippen LogP contribution in [0.3, 0.4) is 0 Å². The van der Waals surface area contributed by atoms with Crippen molar-refractivity contribution in [1.29, 1.82) is 0 Å². The maximum atomic E-state index is 12.0. The first kappa shape index (κ1) is 17.3. The van der Waals surface area contributed by atoms with Crippen molar-refractivity contribution in [3.05, 3.63) is 54.4 Å². The number of esters is 1. The third kappa shape index (κ3) is 4.98. The van der Waals surface area contributed by atoms with Gasteiger partial charge >= 0.3 is 12.0 Å². The van der Waals surface area contributed by atoms with Crippen molar-refractivity contribution in [2.45, 2.75) is 19.9 Å². The Morgan fingerprint density at radius 1 is 1.12 bits per heavy atom. The highest BCUT2D eigenvalue weighted by molar-refractivity contribution is 5.97. The molecule has 0 spiro atoms. The van der Waals surface area contributed by atoms with E-state index in [0.29, 0.717) is 5.56 Å². The smallest absolute Gasteiger partial charge is 0.338 e. The monoisotopic (exact) mass is 329 g/mol. The molecule has 0 saturated carbocycles. The number of nitrogens with one attached hydrogen (secondary N) is 2. The first-order valence-corrected chi connectivity index (χ1v) is 7.46. The molecule has 0 bridgehead atoms. The summed E-state index contributed by atoms with van der Waals surface area (Å²) in [6.45, 7) is 3.00. The molecule has 0 atom stereocenters. The molecule has 7 nitrogen and oxygen atoms in total. The van der Waals surface area contributed by atoms with Crippen molar-refractivity contribution < 1.29 is 19.1 Å². The summed E-state index contributed by atoms with van der Waals surface area (Å²) in [6, 6.07) is 9.85. The second kappa shape index (κ2) is 7.96. The van der Waals surface area contributed by atoms with Gasteiger partial charge in [0.2, 0.25) is 0 Å². The molecular formula is C17H19N3O4. The van der Waals surface area contributed by atoms with Crippen molar-refractivity contribution >= 4 is 17.9 Å². The van der Waals surface area contributed by atoms with Gasteiger partial charge in [0.25, 0.3) is 5.91 Å². The molecule has 0 aliphatic carbocycles. The average Bonchev–Trinajstić information content (AvgIpc) is 3.06. The number of hydrogen-bond acceptors (Lipinski definition) is 4. The van der Waals surface area contributed by atoms with Crippen LogP contribution >= 0.6 is 0 Å². The summed E-state index contributed by atoms with van der Waals surface area (Å²) in [4.78, 5) is 35.0. The molecule has 0 fully saturated rings. The lowest BCUT2D eigenvalue weighted by molar-refractivity contribution is -0.123. The Morgan fingerprint density at radius 2 is 1.83 bits per heavy atom. The Hall–Kier alpha value is -3.09. The zero-order chi connectivity index (χ0) is 17.5. The van der Waals surface area contributed by atoms with Crippen LogP contribution in [0.2, 0.25) is 0 Å². The first-order chi connectivity index (χ1) is 11.5. The van der Waals surface area contributed by atoms with E-state index >= 15 is 0 Å². The Balaban J connectivity index is 1.90. The second-order valence-corrected chi connectivity index (χ2v) is 5.39. The highest BCUT2D eigenvalue weighted by Gasteiger charge is 2.13. The number of hydrogen-bond donors (Lipinski definition) is 2. The van der Waals surface area contributed by atoms with Gasteiger partial charge in [-0.3, -0.25) is 10.1 Å². The molecule has 2 rings (SSSR count). The Bertz CT molecular complexity index is 723. The van der Waals surface area contributed by atoms with E-state index in [4.69, 9.17) is 4.74 Å². The molecule has 0 saturated heterocycles. The Labute approximate surface area is 139 Å². The summed E-state index contributed by atoms with van der Waals surface area (Å²) in [5.74, 6) is -1.33. The van der Waals surface area contributed by atoms with Gasteiger partial charge in [-0.25, -0.2) is 9.59 Å². The molecular weight excluding hydrogens is 310 g/mol. The van der Waals surface area contributed by atoms with E-state index in [9.17, 15) is 14.4 Å². The summed E-state index contributed by atoms with van der Waals surface area (Å²) in [6.07, 6.45) is 3.70. The number of imide groups is 1. The molecule has 7 heteroatoms. The molecule has 0 aliphatic heterocycles. The highest BCUT2D eigenvalue weighted by atomic mass is 16.5. The first-order valence-electron chi connectivity index (χ1n) is 7.46. The largest absolute Gasteiger partial charge is 0.452 e. The van der Waals surface area contributed by atoms with Gasteiger partial charge < -0.3 is 14.6 Å². The SMILES string of the molecule is CC(C)NC(=O)NC(=O)COC(=O)c1cccc(-n2cccc2)c1. The third-order valence-corrected chi connectivity index (χ3v) is 2.99. The fraction of sp³-hybridized carbons (Fsp3) is 0.235. The third-order valence-electron chi connectivity index (χ3n) is 2.99. The second-order valence-electron chi connectivity index (χ2n) is 5.39. The molecule has 24 heavy (non-hydrogen) atoms. The lowest BCUT2D eigenvalue weighted by atomic mass is 10.2. The summed E-state index contributed by atoms with van der Waals surface area (Å²) in [5, 5.41) is 4.58. The van der Waals surface area contributed by atoms with Gasteiger partial charge in [0.15, 0.2) is 6.61 Å². The van der Waals surface area contributed by atoms with Crippen molar-refractivity contribution in [2.24, 2.45) is 0 Å². The zero-order valence-electron chi connectivity index (χ0n) is 13.5. The van der Waals surface area contributed by atoms with Crippen LogP contribution in [0.1, 0.15) is 24.2 Å². The number of aromatic nitrogens is 1. The summed E-state index contributed by atoms with van der Waals surface area (Å²) >= 11 is 0. The fourth-order valence-corrected chi connectivity index (χ4v) is 1.98. The molecule has 126 valence electrons. The fourth-order valence-electron chi connectivity index (χ4n) is 1.98. The highest BCUT2D eigenvalue weighted by Crippen LogP contribution is 2.11. The van der Waals surface area contributed by atoms with Gasteiger partial charge in [-0.1, -0.05) is 6.07 Å². The van der Waals surface area contributed by atoms with Gasteiger partial charge in [-0.05, 0) is 44.2 Å². The number of carbonyl (C=O) groups is 3. The standard InChI is InChI=1S/C17H19N3O4/c1-12(2)18-17(23)19-15(21)11-24-16(22)13-6-5-7-14(10-13)20-8-3-4-9-20/h3-10,12H,11H2,1-2H3,(H2,18,19,21,23). The number of benzene rings is 1. The molecule has 2 aromatic rings. The number of ether oxygens (including phenoxy) is 1. The molecule has 2 N–H and O–H groups in total. The minimum absolute atomic E-state index is 0.100. The predicted octanol–water partition coefficient (Wildman–Crippen LogP) is 1.87. The van der Waals surface area contributed by atoms with Crippen LogP contribution < -0.4 is 10.6 Å². The lowest BCUT2D eigenvalue weighted by Gasteiger charge is -2.10. The van der Waals surface area contributed by atoms with E-state index in [-0.39, 0.29) is 6.04 Å². The summed E-state index contributed by atoms with van der Waals surface area (Å²) < 4.78 is 6.77. The van der Waals surface area contributed by atoms with E-state index in [1.54, 1.807) is 32.0 Å². The Morgan fingerprint density at radius 3 is 2.50 bits per heavy atom. The zero-order valence-corrected chi connectivity index (χ0v) is 13.5. The number of carbonyl (C=O) groups excluding carboxylic acids is 3. The van der Waals surface area contributed by atoms with Crippen molar-refractivity contribution in [2.75, 3.05) is 6.61 Å². The van der Waals surface area contributed by atoms with E-state index in [2.05, 4.69) is 10.6 Å². The van der Waals surface area contributed by atoms with E-state index in [1.807, 2.05) is 35.2 Å². The van der Waals surface area contributed by atoms with Crippen molar-refractivity contribution in [1.82, 2.24) is 15.2 Å². The molecule has 0 aliphatic rings. The molecule has 1 heterocycles. The van der Waals surface area contributed by atoms with E-state index < -0.39 is 24.5 Å². The maximum Gasteiger partial charge on any atom is 0.338 e. The van der Waals surface area contributed by atoms with Gasteiger partial charge in [-0.15, -0.1) is 0 Å². The van der Waals surface area contributed by atoms with Crippen molar-refractivity contribution in [3.63, 3.8) is 0 Å². The number of urea groups is 1. The molecule has 1 aromatic carbocycles. The quantitative estimate of drug-likeness (QED) is 0.820. The summed E-state index contributed by atoms with van der Waals surface area (Å²) in [7, 11) is 0. The maximum absolute atomic E-state index is 12.0. The van der Waals surface area contributed by atoms with E-state index in [0.717, 1.165) is 5.69 Å². The van der Waals surface area contributed by atoms with Crippen LogP contribution in [0.4, 0.5) is 4.79 Å². The van der Waals surface area contributed by atoms with Crippen LogP contribution in [0.15, 0.2) is 48.8 Å². The molecule has 3 amide bonds.